The number of carbonyl (C=O) groups is 1. The normalized spacial score (nSPS) is 10.5. The predicted octanol–water partition coefficient (Wildman–Crippen LogP) is 2.98. The second-order valence-corrected chi connectivity index (χ2v) is 5.83. The number of thioether (sulfide) groups is 1. The number of hydrogen-bond acceptors (Lipinski definition) is 5. The summed E-state index contributed by atoms with van der Waals surface area (Å²) in [6.07, 6.45) is 2.06. The molecule has 0 spiro atoms. The predicted molar refractivity (Wildman–Crippen MR) is 89.2 cm³/mol. The van der Waals surface area contributed by atoms with Gasteiger partial charge in [0.05, 0.1) is 5.75 Å². The summed E-state index contributed by atoms with van der Waals surface area (Å²) < 4.78 is 0. The van der Waals surface area contributed by atoms with Crippen LogP contribution in [0.25, 0.3) is 0 Å². The SMILES string of the molecule is CCCCNC(=O)CSc1nc(Cl)cc(N(CC)CC)n1. The van der Waals surface area contributed by atoms with Crippen molar-refractivity contribution in [2.75, 3.05) is 30.3 Å². The monoisotopic (exact) mass is 330 g/mol. The van der Waals surface area contributed by atoms with Crippen LogP contribution in [0.4, 0.5) is 5.82 Å². The van der Waals surface area contributed by atoms with E-state index in [4.69, 9.17) is 11.6 Å². The number of carbonyl (C=O) groups excluding carboxylic acids is 1. The summed E-state index contributed by atoms with van der Waals surface area (Å²) >= 11 is 7.34. The number of anilines is 1. The first kappa shape index (κ1) is 18.0. The number of halogens is 1. The van der Waals surface area contributed by atoms with Crippen molar-refractivity contribution in [3.63, 3.8) is 0 Å². The van der Waals surface area contributed by atoms with Crippen LogP contribution >= 0.6 is 23.4 Å². The number of nitrogens with one attached hydrogen (secondary N) is 1. The van der Waals surface area contributed by atoms with E-state index in [0.29, 0.717) is 16.1 Å². The van der Waals surface area contributed by atoms with E-state index in [1.165, 1.54) is 11.8 Å². The summed E-state index contributed by atoms with van der Waals surface area (Å²) in [6.45, 7) is 8.64. The largest absolute Gasteiger partial charge is 0.357 e. The van der Waals surface area contributed by atoms with Crippen LogP contribution in [0.1, 0.15) is 33.6 Å². The van der Waals surface area contributed by atoms with Gasteiger partial charge in [0, 0.05) is 25.7 Å². The topological polar surface area (TPSA) is 58.1 Å². The quantitative estimate of drug-likeness (QED) is 0.326. The number of rotatable bonds is 9. The van der Waals surface area contributed by atoms with Crippen molar-refractivity contribution >= 4 is 35.1 Å². The second-order valence-electron chi connectivity index (χ2n) is 4.50. The molecule has 0 saturated heterocycles. The molecule has 0 atom stereocenters. The van der Waals surface area contributed by atoms with Gasteiger partial charge < -0.3 is 10.2 Å². The average molecular weight is 331 g/mol. The molecule has 7 heteroatoms. The lowest BCUT2D eigenvalue weighted by atomic mass is 10.3. The Morgan fingerprint density at radius 3 is 2.67 bits per heavy atom. The highest BCUT2D eigenvalue weighted by Crippen LogP contribution is 2.21. The summed E-state index contributed by atoms with van der Waals surface area (Å²) in [7, 11) is 0. The third-order valence-electron chi connectivity index (χ3n) is 2.93. The first-order chi connectivity index (χ1) is 10.1. The Bertz CT molecular complexity index is 455. The maximum atomic E-state index is 11.7. The van der Waals surface area contributed by atoms with E-state index in [-0.39, 0.29) is 5.91 Å². The van der Waals surface area contributed by atoms with Crippen molar-refractivity contribution in [3.8, 4) is 0 Å². The first-order valence-corrected chi connectivity index (χ1v) is 8.66. The molecule has 21 heavy (non-hydrogen) atoms. The van der Waals surface area contributed by atoms with E-state index in [9.17, 15) is 4.79 Å². The van der Waals surface area contributed by atoms with E-state index in [1.54, 1.807) is 6.07 Å². The Hall–Kier alpha value is -1.01. The van der Waals surface area contributed by atoms with Crippen LogP contribution in [0.15, 0.2) is 11.2 Å². The van der Waals surface area contributed by atoms with Crippen LogP contribution in [0.3, 0.4) is 0 Å². The first-order valence-electron chi connectivity index (χ1n) is 7.29. The Labute approximate surface area is 135 Å². The van der Waals surface area contributed by atoms with Gasteiger partial charge in [-0.2, -0.15) is 0 Å². The summed E-state index contributed by atoms with van der Waals surface area (Å²) in [6, 6.07) is 1.75. The second kappa shape index (κ2) is 9.84. The molecule has 0 aliphatic carbocycles. The number of hydrogen-bond donors (Lipinski definition) is 1. The number of unbranched alkanes of at least 4 members (excludes halogenated alkanes) is 1. The molecule has 1 N–H and O–H groups in total. The molecule has 1 rings (SSSR count). The molecule has 0 saturated carbocycles. The molecule has 0 aliphatic rings. The molecular weight excluding hydrogens is 308 g/mol. The number of aromatic nitrogens is 2. The minimum Gasteiger partial charge on any atom is -0.357 e. The fraction of sp³-hybridized carbons (Fsp3) is 0.643. The molecule has 5 nitrogen and oxygen atoms in total. The fourth-order valence-corrected chi connectivity index (χ4v) is 2.66. The zero-order valence-corrected chi connectivity index (χ0v) is 14.4. The molecule has 0 unspecified atom stereocenters. The molecule has 0 radical (unpaired) electrons. The van der Waals surface area contributed by atoms with Gasteiger partial charge in [0.1, 0.15) is 11.0 Å². The van der Waals surface area contributed by atoms with Gasteiger partial charge in [0.25, 0.3) is 0 Å². The van der Waals surface area contributed by atoms with Crippen molar-refractivity contribution in [1.82, 2.24) is 15.3 Å². The number of amides is 1. The van der Waals surface area contributed by atoms with Gasteiger partial charge in [0.15, 0.2) is 5.16 Å². The van der Waals surface area contributed by atoms with E-state index >= 15 is 0 Å². The van der Waals surface area contributed by atoms with Crippen LogP contribution in [0.2, 0.25) is 5.15 Å². The van der Waals surface area contributed by atoms with Crippen molar-refractivity contribution in [2.24, 2.45) is 0 Å². The van der Waals surface area contributed by atoms with E-state index < -0.39 is 0 Å². The van der Waals surface area contributed by atoms with Crippen molar-refractivity contribution in [3.05, 3.63) is 11.2 Å². The smallest absolute Gasteiger partial charge is 0.230 e. The molecule has 0 bridgehead atoms. The molecule has 0 aliphatic heterocycles. The fourth-order valence-electron chi connectivity index (χ4n) is 1.75. The van der Waals surface area contributed by atoms with Crippen LogP contribution in [0, 0.1) is 0 Å². The van der Waals surface area contributed by atoms with Gasteiger partial charge in [-0.3, -0.25) is 4.79 Å². The molecule has 1 aromatic heterocycles. The third kappa shape index (κ3) is 6.52. The van der Waals surface area contributed by atoms with E-state index in [0.717, 1.165) is 38.3 Å². The highest BCUT2D eigenvalue weighted by molar-refractivity contribution is 7.99. The van der Waals surface area contributed by atoms with Gasteiger partial charge in [-0.1, -0.05) is 36.7 Å². The van der Waals surface area contributed by atoms with E-state index in [2.05, 4.69) is 41.0 Å². The van der Waals surface area contributed by atoms with E-state index in [1.807, 2.05) is 0 Å². The lowest BCUT2D eigenvalue weighted by molar-refractivity contribution is -0.118. The molecule has 118 valence electrons. The minimum absolute atomic E-state index is 0.00131. The van der Waals surface area contributed by atoms with Gasteiger partial charge >= 0.3 is 0 Å². The summed E-state index contributed by atoms with van der Waals surface area (Å²) in [5.74, 6) is 1.11. The van der Waals surface area contributed by atoms with Crippen molar-refractivity contribution in [2.45, 2.75) is 38.8 Å². The molecule has 1 heterocycles. The minimum atomic E-state index is 0.00131. The zero-order chi connectivity index (χ0) is 15.7. The van der Waals surface area contributed by atoms with Gasteiger partial charge in [-0.25, -0.2) is 9.97 Å². The standard InChI is InChI=1S/C14H23ClN4OS/c1-4-7-8-16-13(20)10-21-14-17-11(15)9-12(18-14)19(5-2)6-3/h9H,4-8,10H2,1-3H3,(H,16,20). The molecule has 0 fully saturated rings. The molecule has 0 aromatic carbocycles. The van der Waals surface area contributed by atoms with Crippen molar-refractivity contribution < 1.29 is 4.79 Å². The Kier molecular flexibility index (Phi) is 8.45. The van der Waals surface area contributed by atoms with Gasteiger partial charge in [-0.15, -0.1) is 0 Å². The van der Waals surface area contributed by atoms with Gasteiger partial charge in [0.2, 0.25) is 5.91 Å². The zero-order valence-electron chi connectivity index (χ0n) is 12.9. The van der Waals surface area contributed by atoms with Crippen molar-refractivity contribution in [1.29, 1.82) is 0 Å². The molecule has 1 aromatic rings. The third-order valence-corrected chi connectivity index (χ3v) is 3.97. The summed E-state index contributed by atoms with van der Waals surface area (Å²) in [5.41, 5.74) is 0. The average Bonchev–Trinajstić information content (AvgIpc) is 2.46. The number of nitrogens with zero attached hydrogens (tertiary/aromatic N) is 3. The highest BCUT2D eigenvalue weighted by Gasteiger charge is 2.10. The Morgan fingerprint density at radius 1 is 1.33 bits per heavy atom. The lowest BCUT2D eigenvalue weighted by Gasteiger charge is -2.20. The highest BCUT2D eigenvalue weighted by atomic mass is 35.5. The molecule has 1 amide bonds. The summed E-state index contributed by atoms with van der Waals surface area (Å²) in [4.78, 5) is 22.4. The summed E-state index contributed by atoms with van der Waals surface area (Å²) in [5, 5.41) is 3.81. The lowest BCUT2D eigenvalue weighted by Crippen LogP contribution is -2.26. The Balaban J connectivity index is 2.60. The maximum Gasteiger partial charge on any atom is 0.230 e. The Morgan fingerprint density at radius 2 is 2.05 bits per heavy atom. The maximum absolute atomic E-state index is 11.7. The van der Waals surface area contributed by atoms with Gasteiger partial charge in [-0.05, 0) is 20.3 Å². The molecular formula is C14H23ClN4OS. The van der Waals surface area contributed by atoms with Crippen LogP contribution in [-0.4, -0.2) is 41.3 Å². The van der Waals surface area contributed by atoms with Crippen LogP contribution in [-0.2, 0) is 4.79 Å². The van der Waals surface area contributed by atoms with Crippen LogP contribution in [0.5, 0.6) is 0 Å². The van der Waals surface area contributed by atoms with Crippen LogP contribution < -0.4 is 10.2 Å².